The third kappa shape index (κ3) is 3.80. The number of carbonyl (C=O) groups is 2. The van der Waals surface area contributed by atoms with Crippen LogP contribution in [0.1, 0.15) is 22.5 Å². The van der Waals surface area contributed by atoms with Gasteiger partial charge in [0.15, 0.2) is 0 Å². The van der Waals surface area contributed by atoms with Crippen LogP contribution in [0.25, 0.3) is 11.8 Å². The van der Waals surface area contributed by atoms with Gasteiger partial charge in [0.25, 0.3) is 11.1 Å². The van der Waals surface area contributed by atoms with Crippen molar-refractivity contribution in [1.82, 2.24) is 9.47 Å². The van der Waals surface area contributed by atoms with Crippen molar-refractivity contribution < 1.29 is 14.0 Å². The molecule has 0 aliphatic carbocycles. The molecule has 0 unspecified atom stereocenters. The van der Waals surface area contributed by atoms with Crippen LogP contribution in [0.15, 0.2) is 59.5 Å². The number of aryl methyl sites for hydroxylation is 1. The molecule has 7 heteroatoms. The number of carbonyl (C=O) groups excluding carboxylic acids is 2. The van der Waals surface area contributed by atoms with Gasteiger partial charge in [-0.25, -0.2) is 4.39 Å². The Kier molecular flexibility index (Phi) is 5.54. The Bertz CT molecular complexity index is 1180. The van der Waals surface area contributed by atoms with E-state index in [9.17, 15) is 14.0 Å². The molecule has 0 bridgehead atoms. The molecule has 0 spiro atoms. The molecule has 2 amide bonds. The molecule has 30 heavy (non-hydrogen) atoms. The van der Waals surface area contributed by atoms with Crippen LogP contribution in [0.4, 0.5) is 9.18 Å². The summed E-state index contributed by atoms with van der Waals surface area (Å²) >= 11 is 7.27. The third-order valence-corrected chi connectivity index (χ3v) is 6.20. The molecule has 1 fully saturated rings. The van der Waals surface area contributed by atoms with Gasteiger partial charge in [-0.1, -0.05) is 35.9 Å². The van der Waals surface area contributed by atoms with Gasteiger partial charge >= 0.3 is 0 Å². The molecule has 0 radical (unpaired) electrons. The van der Waals surface area contributed by atoms with Crippen molar-refractivity contribution in [1.29, 1.82) is 0 Å². The largest absolute Gasteiger partial charge is 0.316 e. The maximum atomic E-state index is 13.1. The summed E-state index contributed by atoms with van der Waals surface area (Å²) in [5.41, 5.74) is 4.29. The average Bonchev–Trinajstić information content (AvgIpc) is 3.14. The van der Waals surface area contributed by atoms with E-state index in [2.05, 4.69) is 0 Å². The van der Waals surface area contributed by atoms with Crippen molar-refractivity contribution in [3.8, 4) is 5.69 Å². The molecule has 1 aromatic heterocycles. The topological polar surface area (TPSA) is 42.3 Å². The lowest BCUT2D eigenvalue weighted by molar-refractivity contribution is -0.123. The summed E-state index contributed by atoms with van der Waals surface area (Å²) in [6.07, 6.45) is 1.74. The molecule has 0 saturated carbocycles. The molecule has 0 atom stereocenters. The second kappa shape index (κ2) is 8.13. The third-order valence-electron chi connectivity index (χ3n) is 4.98. The normalized spacial score (nSPS) is 15.5. The molecule has 152 valence electrons. The number of amides is 2. The quantitative estimate of drug-likeness (QED) is 0.459. The molecule has 0 N–H and O–H groups in total. The smallest absolute Gasteiger partial charge is 0.293 e. The summed E-state index contributed by atoms with van der Waals surface area (Å²) < 4.78 is 15.1. The highest BCUT2D eigenvalue weighted by molar-refractivity contribution is 8.18. The van der Waals surface area contributed by atoms with Crippen LogP contribution in [-0.4, -0.2) is 20.6 Å². The number of hydrogen-bond donors (Lipinski definition) is 0. The van der Waals surface area contributed by atoms with Crippen LogP contribution in [0, 0.1) is 19.7 Å². The zero-order valence-corrected chi connectivity index (χ0v) is 17.9. The number of halogens is 2. The number of imide groups is 1. The average molecular weight is 441 g/mol. The predicted molar refractivity (Wildman–Crippen MR) is 118 cm³/mol. The summed E-state index contributed by atoms with van der Waals surface area (Å²) in [7, 11) is 0. The fourth-order valence-electron chi connectivity index (χ4n) is 3.49. The van der Waals surface area contributed by atoms with E-state index >= 15 is 0 Å². The van der Waals surface area contributed by atoms with Gasteiger partial charge in [0, 0.05) is 11.4 Å². The summed E-state index contributed by atoms with van der Waals surface area (Å²) in [4.78, 5) is 26.8. The highest BCUT2D eigenvalue weighted by Gasteiger charge is 2.35. The van der Waals surface area contributed by atoms with Gasteiger partial charge < -0.3 is 4.57 Å². The second-order valence-corrected chi connectivity index (χ2v) is 8.41. The van der Waals surface area contributed by atoms with Crippen LogP contribution in [0.5, 0.6) is 0 Å². The summed E-state index contributed by atoms with van der Waals surface area (Å²) in [6.45, 7) is 4.03. The highest BCUT2D eigenvalue weighted by Crippen LogP contribution is 2.35. The van der Waals surface area contributed by atoms with Crippen molar-refractivity contribution in [2.24, 2.45) is 0 Å². The molecule has 1 aliphatic rings. The van der Waals surface area contributed by atoms with Crippen LogP contribution in [0.2, 0.25) is 5.02 Å². The standard InChI is InChI=1S/C23H18ClFN2O2S/c1-14-11-17(15(2)27(14)20-6-4-3-5-19(20)24)12-21-22(28)26(23(29)30-21)13-16-7-9-18(25)10-8-16/h3-12H,13H2,1-2H3/b21-12-. The fraction of sp³-hybridized carbons (Fsp3) is 0.130. The first-order valence-electron chi connectivity index (χ1n) is 9.29. The van der Waals surface area contributed by atoms with E-state index < -0.39 is 0 Å². The lowest BCUT2D eigenvalue weighted by Crippen LogP contribution is -2.27. The molecular formula is C23H18ClFN2O2S. The lowest BCUT2D eigenvalue weighted by Gasteiger charge is -2.12. The first-order chi connectivity index (χ1) is 14.3. The van der Waals surface area contributed by atoms with Crippen LogP contribution in [0.3, 0.4) is 0 Å². The lowest BCUT2D eigenvalue weighted by atomic mass is 10.2. The number of para-hydroxylation sites is 1. The van der Waals surface area contributed by atoms with E-state index in [1.165, 1.54) is 17.0 Å². The fourth-order valence-corrected chi connectivity index (χ4v) is 4.54. The number of thioether (sulfide) groups is 1. The molecular weight excluding hydrogens is 423 g/mol. The van der Waals surface area contributed by atoms with Gasteiger partial charge in [0.05, 0.1) is 22.2 Å². The number of hydrogen-bond acceptors (Lipinski definition) is 3. The number of benzene rings is 2. The Morgan fingerprint density at radius 3 is 2.47 bits per heavy atom. The van der Waals surface area contributed by atoms with Gasteiger partial charge in [-0.15, -0.1) is 0 Å². The van der Waals surface area contributed by atoms with Gasteiger partial charge in [-0.05, 0) is 73.1 Å². The summed E-state index contributed by atoms with van der Waals surface area (Å²) in [5.74, 6) is -0.710. The highest BCUT2D eigenvalue weighted by atomic mass is 35.5. The van der Waals surface area contributed by atoms with E-state index in [4.69, 9.17) is 11.6 Å². The van der Waals surface area contributed by atoms with Gasteiger partial charge in [-0.3, -0.25) is 14.5 Å². The molecule has 4 rings (SSSR count). The summed E-state index contributed by atoms with van der Waals surface area (Å²) in [5, 5.41) is 0.293. The SMILES string of the molecule is Cc1cc(/C=C2\SC(=O)N(Cc3ccc(F)cc3)C2=O)c(C)n1-c1ccccc1Cl. The summed E-state index contributed by atoms with van der Waals surface area (Å²) in [6, 6.07) is 15.3. The van der Waals surface area contributed by atoms with Crippen molar-refractivity contribution in [3.05, 3.63) is 92.9 Å². The van der Waals surface area contributed by atoms with Crippen molar-refractivity contribution in [2.45, 2.75) is 20.4 Å². The molecule has 2 aromatic carbocycles. The first kappa shape index (κ1) is 20.4. The number of nitrogens with zero attached hydrogens (tertiary/aromatic N) is 2. The van der Waals surface area contributed by atoms with E-state index in [-0.39, 0.29) is 23.5 Å². The predicted octanol–water partition coefficient (Wildman–Crippen LogP) is 6.12. The van der Waals surface area contributed by atoms with E-state index in [0.717, 1.165) is 34.4 Å². The van der Waals surface area contributed by atoms with Crippen LogP contribution >= 0.6 is 23.4 Å². The van der Waals surface area contributed by atoms with Gasteiger partial charge in [-0.2, -0.15) is 0 Å². The molecule has 2 heterocycles. The molecule has 1 saturated heterocycles. The Hall–Kier alpha value is -2.83. The van der Waals surface area contributed by atoms with E-state index in [1.807, 2.05) is 48.7 Å². The maximum Gasteiger partial charge on any atom is 0.293 e. The van der Waals surface area contributed by atoms with E-state index in [0.29, 0.717) is 15.5 Å². The monoisotopic (exact) mass is 440 g/mol. The Balaban J connectivity index is 1.63. The Labute approximate surface area is 182 Å². The maximum absolute atomic E-state index is 13.1. The van der Waals surface area contributed by atoms with E-state index in [1.54, 1.807) is 18.2 Å². The zero-order chi connectivity index (χ0) is 21.4. The molecule has 3 aromatic rings. The molecule has 1 aliphatic heterocycles. The zero-order valence-electron chi connectivity index (χ0n) is 16.4. The van der Waals surface area contributed by atoms with Crippen molar-refractivity contribution in [2.75, 3.05) is 0 Å². The molecule has 4 nitrogen and oxygen atoms in total. The van der Waals surface area contributed by atoms with Gasteiger partial charge in [0.1, 0.15) is 5.82 Å². The van der Waals surface area contributed by atoms with Crippen LogP contribution in [-0.2, 0) is 11.3 Å². The van der Waals surface area contributed by atoms with Crippen molar-refractivity contribution in [3.63, 3.8) is 0 Å². The van der Waals surface area contributed by atoms with Gasteiger partial charge in [0.2, 0.25) is 0 Å². The Morgan fingerprint density at radius 1 is 1.07 bits per heavy atom. The van der Waals surface area contributed by atoms with Crippen LogP contribution < -0.4 is 0 Å². The Morgan fingerprint density at radius 2 is 1.77 bits per heavy atom. The second-order valence-electron chi connectivity index (χ2n) is 7.01. The van der Waals surface area contributed by atoms with Crippen molar-refractivity contribution >= 4 is 40.6 Å². The number of aromatic nitrogens is 1. The minimum absolute atomic E-state index is 0.112. The minimum Gasteiger partial charge on any atom is -0.316 e. The first-order valence-corrected chi connectivity index (χ1v) is 10.5. The number of rotatable bonds is 4. The minimum atomic E-state index is -0.360.